The van der Waals surface area contributed by atoms with E-state index in [0.29, 0.717) is 25.7 Å². The average molecular weight is 1470 g/mol. The Bertz CT molecular complexity index is 2510. The van der Waals surface area contributed by atoms with Crippen molar-refractivity contribution >= 4 is 39.5 Å². The lowest BCUT2D eigenvalue weighted by molar-refractivity contribution is -0.161. The number of unbranched alkanes of at least 4 members (excludes halogenated alkanes) is 23. The van der Waals surface area contributed by atoms with Crippen molar-refractivity contribution in [1.82, 2.24) is 0 Å². The van der Waals surface area contributed by atoms with Crippen LogP contribution in [-0.4, -0.2) is 96.7 Å². The molecule has 0 aliphatic rings. The minimum atomic E-state index is -5.00. The number of rotatable bonds is 72. The molecule has 5 atom stereocenters. The molecular formula is C83H138O17P2. The van der Waals surface area contributed by atoms with Gasteiger partial charge in [0.2, 0.25) is 0 Å². The van der Waals surface area contributed by atoms with E-state index in [1.165, 1.54) is 57.8 Å². The van der Waals surface area contributed by atoms with Crippen LogP contribution in [0.2, 0.25) is 0 Å². The van der Waals surface area contributed by atoms with Crippen molar-refractivity contribution in [3.8, 4) is 0 Å². The lowest BCUT2D eigenvalue weighted by atomic mass is 10.1. The van der Waals surface area contributed by atoms with Crippen LogP contribution in [0.5, 0.6) is 0 Å². The zero-order chi connectivity index (χ0) is 74.6. The third-order valence-corrected chi connectivity index (χ3v) is 17.7. The number of aliphatic hydroxyl groups is 1. The number of ether oxygens (including phenoxy) is 4. The maximum Gasteiger partial charge on any atom is 0.472 e. The Morgan fingerprint density at radius 2 is 0.549 bits per heavy atom. The van der Waals surface area contributed by atoms with E-state index in [-0.39, 0.29) is 25.7 Å². The molecule has 0 saturated heterocycles. The quantitative estimate of drug-likeness (QED) is 0.0169. The summed E-state index contributed by atoms with van der Waals surface area (Å²) in [6.45, 7) is 4.44. The fourth-order valence-electron chi connectivity index (χ4n) is 9.90. The fraction of sp³-hybridized carbons (Fsp3) is 0.663. The maximum atomic E-state index is 13.1. The first-order valence-corrected chi connectivity index (χ1v) is 42.1. The summed E-state index contributed by atoms with van der Waals surface area (Å²) in [5.41, 5.74) is 0. The summed E-state index contributed by atoms with van der Waals surface area (Å²) in [5.74, 6) is -2.38. The monoisotopic (exact) mass is 1470 g/mol. The number of hydrogen-bond donors (Lipinski definition) is 3. The molecule has 0 fully saturated rings. The molecule has 0 aromatic rings. The van der Waals surface area contributed by atoms with Crippen LogP contribution in [0.3, 0.4) is 0 Å². The van der Waals surface area contributed by atoms with Crippen LogP contribution in [0.1, 0.15) is 297 Å². The highest BCUT2D eigenvalue weighted by atomic mass is 31.2. The molecule has 0 rings (SSSR count). The zero-order valence-corrected chi connectivity index (χ0v) is 65.3. The van der Waals surface area contributed by atoms with E-state index in [1.807, 2.05) is 18.2 Å². The molecule has 3 N–H and O–H groups in total. The summed E-state index contributed by atoms with van der Waals surface area (Å²) >= 11 is 0. The van der Waals surface area contributed by atoms with Crippen molar-refractivity contribution in [3.05, 3.63) is 146 Å². The number of carbonyl (C=O) groups excluding carboxylic acids is 4. The van der Waals surface area contributed by atoms with Gasteiger partial charge in [-0.1, -0.05) is 270 Å². The van der Waals surface area contributed by atoms with E-state index < -0.39 is 97.5 Å². The van der Waals surface area contributed by atoms with Crippen LogP contribution in [0.4, 0.5) is 0 Å². The molecule has 0 heterocycles. The number of allylic oxidation sites excluding steroid dienone is 23. The van der Waals surface area contributed by atoms with E-state index in [9.17, 15) is 43.2 Å². The van der Waals surface area contributed by atoms with Gasteiger partial charge in [-0.3, -0.25) is 37.3 Å². The smallest absolute Gasteiger partial charge is 0.462 e. The second-order valence-electron chi connectivity index (χ2n) is 25.5. The second kappa shape index (κ2) is 74.2. The minimum absolute atomic E-state index is 0.0616. The number of esters is 4. The third-order valence-electron chi connectivity index (χ3n) is 15.8. The molecule has 0 aliphatic heterocycles. The summed E-state index contributed by atoms with van der Waals surface area (Å²) in [6.07, 6.45) is 84.3. The summed E-state index contributed by atoms with van der Waals surface area (Å²) < 4.78 is 68.4. The van der Waals surface area contributed by atoms with Crippen LogP contribution >= 0.6 is 15.6 Å². The highest BCUT2D eigenvalue weighted by Crippen LogP contribution is 2.45. The molecule has 0 amide bonds. The fourth-order valence-corrected chi connectivity index (χ4v) is 11.5. The molecule has 5 unspecified atom stereocenters. The van der Waals surface area contributed by atoms with E-state index in [4.69, 9.17) is 37.0 Å². The lowest BCUT2D eigenvalue weighted by Gasteiger charge is -2.21. The van der Waals surface area contributed by atoms with E-state index in [2.05, 4.69) is 149 Å². The summed E-state index contributed by atoms with van der Waals surface area (Å²) in [5, 5.41) is 10.6. The predicted molar refractivity (Wildman–Crippen MR) is 417 cm³/mol. The van der Waals surface area contributed by atoms with Gasteiger partial charge in [0.25, 0.3) is 0 Å². The van der Waals surface area contributed by atoms with Crippen LogP contribution < -0.4 is 0 Å². The average Bonchev–Trinajstić information content (AvgIpc) is 0.926. The van der Waals surface area contributed by atoms with Crippen LogP contribution in [0, 0.1) is 0 Å². The Balaban J connectivity index is 5.47. The molecule has 582 valence electrons. The van der Waals surface area contributed by atoms with Crippen LogP contribution in [-0.2, 0) is 65.4 Å². The molecule has 17 nitrogen and oxygen atoms in total. The van der Waals surface area contributed by atoms with E-state index >= 15 is 0 Å². The van der Waals surface area contributed by atoms with Gasteiger partial charge in [0.1, 0.15) is 19.3 Å². The van der Waals surface area contributed by atoms with Gasteiger partial charge in [0, 0.05) is 19.3 Å². The van der Waals surface area contributed by atoms with E-state index in [0.717, 1.165) is 161 Å². The topological polar surface area (TPSA) is 237 Å². The standard InChI is InChI=1S/C83H138O17P2/c1-5-9-13-17-21-25-29-33-37-38-42-44-48-52-56-60-64-68-81(86)94-74-79(100-83(88)70-66-62-58-54-50-46-41-36-32-28-24-20-16-12-8-4)76-98-102(91,92)96-72-77(84)71-95-101(89,90)97-75-78(99-82(87)69-65-61-57-53-49-45-40-35-31-27-23-19-15-11-7-3)73-93-80(85)67-63-59-55-51-47-43-39-34-30-26-22-18-14-10-6-2/h9-10,13-14,21-22,24-26,28,33-37,39-42,44,47,51,59,63,77-79,84H,5-8,11-12,15-20,23,27,29-32,38,43,45-46,48-50,52-58,60-62,64-76H2,1-4H3,(H,89,90)(H,91,92)/b13-9-,14-10-,25-21-,26-22-,28-24-,37-33-,39-34-,40-35-,41-36-,44-42-,51-47-,63-59-. The Kier molecular flexibility index (Phi) is 70.5. The first kappa shape index (κ1) is 96.9. The highest BCUT2D eigenvalue weighted by Gasteiger charge is 2.30. The number of aliphatic hydroxyl groups excluding tert-OH is 1. The summed E-state index contributed by atoms with van der Waals surface area (Å²) in [7, 11) is -10.00. The molecule has 102 heavy (non-hydrogen) atoms. The summed E-state index contributed by atoms with van der Waals surface area (Å²) in [6, 6.07) is 0. The molecule has 0 aromatic carbocycles. The van der Waals surface area contributed by atoms with Crippen molar-refractivity contribution in [2.45, 2.75) is 316 Å². The number of carbonyl (C=O) groups is 4. The van der Waals surface area contributed by atoms with Crippen molar-refractivity contribution < 1.29 is 80.2 Å². The molecular weight excluding hydrogens is 1330 g/mol. The molecule has 0 radical (unpaired) electrons. The molecule has 0 aliphatic carbocycles. The molecule has 0 bridgehead atoms. The number of phosphoric ester groups is 2. The predicted octanol–water partition coefficient (Wildman–Crippen LogP) is 22.7. The third kappa shape index (κ3) is 73.3. The van der Waals surface area contributed by atoms with Gasteiger partial charge in [-0.05, 0) is 148 Å². The van der Waals surface area contributed by atoms with Crippen LogP contribution in [0.25, 0.3) is 0 Å². The van der Waals surface area contributed by atoms with Gasteiger partial charge in [-0.2, -0.15) is 0 Å². The van der Waals surface area contributed by atoms with Gasteiger partial charge >= 0.3 is 39.5 Å². The van der Waals surface area contributed by atoms with Gasteiger partial charge in [0.05, 0.1) is 32.8 Å². The van der Waals surface area contributed by atoms with Gasteiger partial charge in [-0.25, -0.2) is 9.13 Å². The SMILES string of the molecule is CC/C=C\C/C=C\C/C=C\C/C=C\C/C=C\CC(=O)OCC(COP(=O)(O)OCC(O)COP(=O)(O)OCC(COC(=O)CCCCCC/C=C\C/C=C\C/C=C\C/C=C\CC)OC(=O)CCCCCCC/C=C\C/C=C\CCCCC)OC(=O)CCCCCCC/C=C\CCCCCCCC. The van der Waals surface area contributed by atoms with Gasteiger partial charge in [-0.15, -0.1) is 0 Å². The molecule has 0 aromatic heterocycles. The molecule has 19 heteroatoms. The van der Waals surface area contributed by atoms with Crippen molar-refractivity contribution in [2.75, 3.05) is 39.6 Å². The van der Waals surface area contributed by atoms with Crippen LogP contribution in [0.15, 0.2) is 146 Å². The lowest BCUT2D eigenvalue weighted by Crippen LogP contribution is -2.30. The Morgan fingerprint density at radius 3 is 0.902 bits per heavy atom. The first-order valence-electron chi connectivity index (χ1n) is 39.1. The Hall–Kier alpha value is -5.06. The number of phosphoric acid groups is 2. The summed E-state index contributed by atoms with van der Waals surface area (Å²) in [4.78, 5) is 72.9. The van der Waals surface area contributed by atoms with Gasteiger partial charge < -0.3 is 33.8 Å². The first-order chi connectivity index (χ1) is 49.7. The Morgan fingerprint density at radius 1 is 0.294 bits per heavy atom. The zero-order valence-electron chi connectivity index (χ0n) is 63.5. The van der Waals surface area contributed by atoms with Gasteiger partial charge in [0.15, 0.2) is 12.2 Å². The largest absolute Gasteiger partial charge is 0.472 e. The number of hydrogen-bond acceptors (Lipinski definition) is 15. The Labute approximate surface area is 617 Å². The molecule has 0 saturated carbocycles. The maximum absolute atomic E-state index is 13.1. The van der Waals surface area contributed by atoms with Crippen molar-refractivity contribution in [2.24, 2.45) is 0 Å². The molecule has 0 spiro atoms. The van der Waals surface area contributed by atoms with E-state index in [1.54, 1.807) is 6.08 Å². The minimum Gasteiger partial charge on any atom is -0.462 e. The van der Waals surface area contributed by atoms with Crippen molar-refractivity contribution in [3.63, 3.8) is 0 Å². The normalized spacial score (nSPS) is 14.7. The second-order valence-corrected chi connectivity index (χ2v) is 28.5. The van der Waals surface area contributed by atoms with Crippen molar-refractivity contribution in [1.29, 1.82) is 0 Å². The highest BCUT2D eigenvalue weighted by molar-refractivity contribution is 7.47.